The number of halogens is 2. The number of benzene rings is 2. The molecule has 2 aromatic carbocycles. The van der Waals surface area contributed by atoms with Gasteiger partial charge in [0.15, 0.2) is 11.4 Å². The Morgan fingerprint density at radius 2 is 1.96 bits per heavy atom. The molecular formula is C32H29F2N5O6S. The first-order valence-corrected chi connectivity index (χ1v) is 15.7. The Labute approximate surface area is 265 Å². The van der Waals surface area contributed by atoms with Crippen LogP contribution >= 0.6 is 11.3 Å². The summed E-state index contributed by atoms with van der Waals surface area (Å²) in [5.74, 6) is -4.50. The van der Waals surface area contributed by atoms with E-state index in [4.69, 9.17) is 4.84 Å². The van der Waals surface area contributed by atoms with Crippen molar-refractivity contribution >= 4 is 39.3 Å². The van der Waals surface area contributed by atoms with E-state index in [1.165, 1.54) is 34.1 Å². The second-order valence-electron chi connectivity index (χ2n) is 12.1. The number of hydrogen-bond acceptors (Lipinski definition) is 8. The summed E-state index contributed by atoms with van der Waals surface area (Å²) in [5, 5.41) is 14.7. The standard InChI is InChI=1S/C32H29F2N5O6S/c1-16-7-21(33)19(22(34)8-16)11-35-30(43)20-13-38-25-14-37(31(44)27(38)29(42)28(20)41)17(2)5-6-32(25)10-26(40)39(45-32)12-18-3-4-23-24(9-18)46-15-36-23/h3-4,7-9,13,15,17,25,42H,5-6,10-12,14H2,1-2H3,(H,35,43)/t17-,25+,32-/m0/s1. The molecule has 2 fully saturated rings. The lowest BCUT2D eigenvalue weighted by Gasteiger charge is -2.42. The minimum atomic E-state index is -1.16. The molecule has 1 spiro atoms. The number of hydrogen-bond donors (Lipinski definition) is 2. The Bertz CT molecular complexity index is 1990. The SMILES string of the molecule is Cc1cc(F)c(CNC(=O)c2cn3c(c(O)c2=O)C(=O)N2C[C@@H]3[C@]3(CC[C@@H]2C)CC(=O)N(Cc2ccc4ncsc4c2)O3)c(F)c1. The zero-order chi connectivity index (χ0) is 32.5. The lowest BCUT2D eigenvalue weighted by molar-refractivity contribution is -0.218. The summed E-state index contributed by atoms with van der Waals surface area (Å²) in [6.45, 7) is 3.09. The highest BCUT2D eigenvalue weighted by Gasteiger charge is 2.56. The van der Waals surface area contributed by atoms with Gasteiger partial charge in [-0.3, -0.25) is 24.0 Å². The number of nitrogens with zero attached hydrogens (tertiary/aromatic N) is 4. The number of amides is 3. The van der Waals surface area contributed by atoms with Crippen LogP contribution in [0.2, 0.25) is 0 Å². The van der Waals surface area contributed by atoms with Gasteiger partial charge in [-0.1, -0.05) is 6.07 Å². The van der Waals surface area contributed by atoms with Crippen LogP contribution in [-0.4, -0.2) is 60.5 Å². The third-order valence-corrected chi connectivity index (χ3v) is 9.99. The van der Waals surface area contributed by atoms with Gasteiger partial charge in [0.1, 0.15) is 22.8 Å². The average Bonchev–Trinajstić information content (AvgIpc) is 3.57. The molecule has 11 nitrogen and oxygen atoms in total. The molecule has 3 aliphatic rings. The van der Waals surface area contributed by atoms with Crippen molar-refractivity contribution in [2.24, 2.45) is 0 Å². The summed E-state index contributed by atoms with van der Waals surface area (Å²) in [7, 11) is 0. The monoisotopic (exact) mass is 649 g/mol. The van der Waals surface area contributed by atoms with Crippen LogP contribution < -0.4 is 10.7 Å². The van der Waals surface area contributed by atoms with E-state index in [0.29, 0.717) is 18.4 Å². The van der Waals surface area contributed by atoms with Crippen molar-refractivity contribution in [3.8, 4) is 5.75 Å². The van der Waals surface area contributed by atoms with Crippen LogP contribution in [0.4, 0.5) is 8.78 Å². The number of rotatable bonds is 5. The quantitative estimate of drug-likeness (QED) is 0.334. The molecule has 3 amide bonds. The van der Waals surface area contributed by atoms with Gasteiger partial charge >= 0.3 is 0 Å². The van der Waals surface area contributed by atoms with Crippen LogP contribution in [0.1, 0.15) is 69.8 Å². The van der Waals surface area contributed by atoms with Gasteiger partial charge in [-0.15, -0.1) is 11.3 Å². The second-order valence-corrected chi connectivity index (χ2v) is 13.0. The molecule has 0 saturated carbocycles. The van der Waals surface area contributed by atoms with Crippen molar-refractivity contribution < 1.29 is 33.1 Å². The van der Waals surface area contributed by atoms with Crippen LogP contribution in [-0.2, 0) is 22.7 Å². The number of thiazole rings is 1. The highest BCUT2D eigenvalue weighted by Crippen LogP contribution is 2.47. The molecular weight excluding hydrogens is 620 g/mol. The predicted octanol–water partition coefficient (Wildman–Crippen LogP) is 3.96. The summed E-state index contributed by atoms with van der Waals surface area (Å²) in [5.41, 5.74) is 0.300. The summed E-state index contributed by atoms with van der Waals surface area (Å²) in [4.78, 5) is 65.9. The van der Waals surface area contributed by atoms with Gasteiger partial charge in [-0.05, 0) is 62.1 Å². The molecule has 46 heavy (non-hydrogen) atoms. The maximum atomic E-state index is 14.4. The van der Waals surface area contributed by atoms with E-state index in [0.717, 1.165) is 27.9 Å². The molecule has 7 rings (SSSR count). The van der Waals surface area contributed by atoms with E-state index < -0.39 is 63.9 Å². The molecule has 2 N–H and O–H groups in total. The van der Waals surface area contributed by atoms with E-state index in [1.807, 2.05) is 25.1 Å². The van der Waals surface area contributed by atoms with Gasteiger partial charge in [-0.25, -0.2) is 18.8 Å². The molecule has 0 radical (unpaired) electrons. The van der Waals surface area contributed by atoms with Gasteiger partial charge < -0.3 is 19.9 Å². The van der Waals surface area contributed by atoms with Crippen LogP contribution in [0.15, 0.2) is 46.8 Å². The Kier molecular flexibility index (Phi) is 7.16. The lowest BCUT2D eigenvalue weighted by atomic mass is 9.85. The predicted molar refractivity (Wildman–Crippen MR) is 162 cm³/mol. The van der Waals surface area contributed by atoms with Gasteiger partial charge in [0.25, 0.3) is 11.8 Å². The number of aromatic nitrogens is 2. The van der Waals surface area contributed by atoms with E-state index in [-0.39, 0.29) is 37.2 Å². The van der Waals surface area contributed by atoms with Crippen molar-refractivity contribution in [2.45, 2.75) is 63.9 Å². The first-order chi connectivity index (χ1) is 22.0. The second kappa shape index (κ2) is 11.0. The average molecular weight is 650 g/mol. The van der Waals surface area contributed by atoms with Crippen LogP contribution in [0.25, 0.3) is 10.2 Å². The molecule has 238 valence electrons. The number of carbonyl (C=O) groups is 3. The number of nitrogens with one attached hydrogen (secondary N) is 1. The number of aryl methyl sites for hydroxylation is 1. The topological polar surface area (TPSA) is 134 Å². The smallest absolute Gasteiger partial charge is 0.274 e. The first-order valence-electron chi connectivity index (χ1n) is 14.8. The molecule has 0 aliphatic carbocycles. The summed E-state index contributed by atoms with van der Waals surface area (Å²) >= 11 is 1.48. The van der Waals surface area contributed by atoms with E-state index in [1.54, 1.807) is 10.4 Å². The fourth-order valence-corrected chi connectivity index (χ4v) is 7.45. The van der Waals surface area contributed by atoms with Crippen molar-refractivity contribution in [1.82, 2.24) is 24.8 Å². The zero-order valence-corrected chi connectivity index (χ0v) is 25.7. The van der Waals surface area contributed by atoms with Crippen LogP contribution in [0.3, 0.4) is 0 Å². The number of carbonyl (C=O) groups excluding carboxylic acids is 3. The van der Waals surface area contributed by atoms with Gasteiger partial charge in [-0.2, -0.15) is 0 Å². The maximum absolute atomic E-state index is 14.4. The van der Waals surface area contributed by atoms with Crippen molar-refractivity contribution in [1.29, 1.82) is 0 Å². The molecule has 2 bridgehead atoms. The first kappa shape index (κ1) is 30.0. The Morgan fingerprint density at radius 1 is 1.20 bits per heavy atom. The molecule has 2 aromatic heterocycles. The zero-order valence-electron chi connectivity index (χ0n) is 24.9. The third kappa shape index (κ3) is 4.83. The molecule has 5 heterocycles. The van der Waals surface area contributed by atoms with Crippen molar-refractivity contribution in [3.05, 3.63) is 91.8 Å². The van der Waals surface area contributed by atoms with Crippen LogP contribution in [0.5, 0.6) is 5.75 Å². The molecule has 3 aliphatic heterocycles. The highest BCUT2D eigenvalue weighted by molar-refractivity contribution is 7.16. The molecule has 3 atom stereocenters. The largest absolute Gasteiger partial charge is 0.503 e. The lowest BCUT2D eigenvalue weighted by Crippen LogP contribution is -2.52. The summed E-state index contributed by atoms with van der Waals surface area (Å²) in [6, 6.07) is 6.89. The molecule has 14 heteroatoms. The van der Waals surface area contributed by atoms with Crippen molar-refractivity contribution in [2.75, 3.05) is 6.54 Å². The van der Waals surface area contributed by atoms with Gasteiger partial charge in [0.05, 0.1) is 34.7 Å². The van der Waals surface area contributed by atoms with E-state index in [9.17, 15) is 33.1 Å². The van der Waals surface area contributed by atoms with Crippen LogP contribution in [0, 0.1) is 18.6 Å². The Balaban J connectivity index is 1.24. The fourth-order valence-electron chi connectivity index (χ4n) is 6.71. The number of hydroxylamine groups is 2. The van der Waals surface area contributed by atoms with E-state index >= 15 is 0 Å². The molecule has 0 unspecified atom stereocenters. The highest BCUT2D eigenvalue weighted by atomic mass is 32.1. The summed E-state index contributed by atoms with van der Waals surface area (Å²) in [6.07, 6.45) is 1.99. The molecule has 2 saturated heterocycles. The van der Waals surface area contributed by atoms with Gasteiger partial charge in [0, 0.05) is 30.9 Å². The van der Waals surface area contributed by atoms with Gasteiger partial charge in [0.2, 0.25) is 11.3 Å². The Morgan fingerprint density at radius 3 is 2.72 bits per heavy atom. The Hall–Kier alpha value is -4.69. The van der Waals surface area contributed by atoms with Crippen molar-refractivity contribution in [3.63, 3.8) is 0 Å². The number of fused-ring (bicyclic) bond motifs is 6. The van der Waals surface area contributed by atoms with E-state index in [2.05, 4.69) is 10.3 Å². The number of pyridine rings is 1. The maximum Gasteiger partial charge on any atom is 0.274 e. The summed E-state index contributed by atoms with van der Waals surface area (Å²) < 4.78 is 31.2. The minimum Gasteiger partial charge on any atom is -0.503 e. The third-order valence-electron chi connectivity index (χ3n) is 9.20. The normalized spacial score (nSPS) is 22.4. The number of aromatic hydroxyl groups is 1. The minimum absolute atomic E-state index is 0.0327. The molecule has 4 aromatic rings. The fraction of sp³-hybridized carbons (Fsp3) is 0.344.